The molecule has 0 N–H and O–H groups in total. The number of amides is 1. The fourth-order valence-electron chi connectivity index (χ4n) is 3.37. The Morgan fingerprint density at radius 3 is 2.16 bits per heavy atom. The van der Waals surface area contributed by atoms with Gasteiger partial charge < -0.3 is 9.42 Å². The standard InChI is InChI=1S/C27H25N3O2/c31-26(17-16-22-10-4-1-5-11-22)30(20-18-23-12-6-2-7-13-23)21-19-25-28-27(29-32-25)24-14-8-3-9-15-24/h1-17H,18-21H2/b17-16+. The first-order valence-electron chi connectivity index (χ1n) is 10.7. The molecule has 0 spiro atoms. The second-order valence-electron chi connectivity index (χ2n) is 7.43. The molecule has 1 heterocycles. The van der Waals surface area contributed by atoms with E-state index in [1.54, 1.807) is 6.08 Å². The summed E-state index contributed by atoms with van der Waals surface area (Å²) < 4.78 is 5.42. The third kappa shape index (κ3) is 6.01. The van der Waals surface area contributed by atoms with Gasteiger partial charge in [0, 0.05) is 31.1 Å². The maximum atomic E-state index is 13.0. The van der Waals surface area contributed by atoms with Crippen LogP contribution in [0.15, 0.2) is 102 Å². The lowest BCUT2D eigenvalue weighted by Gasteiger charge is -2.20. The third-order valence-electron chi connectivity index (χ3n) is 5.14. The Morgan fingerprint density at radius 2 is 1.44 bits per heavy atom. The second kappa shape index (κ2) is 10.9. The third-order valence-corrected chi connectivity index (χ3v) is 5.14. The maximum absolute atomic E-state index is 13.0. The average Bonchev–Trinajstić information content (AvgIpc) is 3.33. The number of nitrogens with zero attached hydrogens (tertiary/aromatic N) is 3. The summed E-state index contributed by atoms with van der Waals surface area (Å²) in [5, 5.41) is 4.08. The van der Waals surface area contributed by atoms with Crippen LogP contribution < -0.4 is 0 Å². The molecule has 3 aromatic carbocycles. The van der Waals surface area contributed by atoms with Crippen molar-refractivity contribution in [1.82, 2.24) is 15.0 Å². The molecular weight excluding hydrogens is 398 g/mol. The molecule has 0 aliphatic carbocycles. The summed E-state index contributed by atoms with van der Waals surface area (Å²) in [7, 11) is 0. The first-order valence-corrected chi connectivity index (χ1v) is 10.7. The number of carbonyl (C=O) groups excluding carboxylic acids is 1. The number of carbonyl (C=O) groups is 1. The fraction of sp³-hybridized carbons (Fsp3) is 0.148. The molecule has 0 fully saturated rings. The lowest BCUT2D eigenvalue weighted by atomic mass is 10.1. The van der Waals surface area contributed by atoms with Crippen LogP contribution in [0.3, 0.4) is 0 Å². The molecule has 160 valence electrons. The number of hydrogen-bond donors (Lipinski definition) is 0. The highest BCUT2D eigenvalue weighted by atomic mass is 16.5. The first kappa shape index (κ1) is 21.2. The molecular formula is C27H25N3O2. The molecule has 0 bridgehead atoms. The predicted molar refractivity (Wildman–Crippen MR) is 126 cm³/mol. The van der Waals surface area contributed by atoms with E-state index in [4.69, 9.17) is 4.52 Å². The smallest absolute Gasteiger partial charge is 0.246 e. The zero-order valence-electron chi connectivity index (χ0n) is 17.8. The molecule has 0 saturated carbocycles. The number of rotatable bonds is 9. The highest BCUT2D eigenvalue weighted by Gasteiger charge is 2.14. The minimum absolute atomic E-state index is 0.0346. The van der Waals surface area contributed by atoms with Crippen molar-refractivity contribution in [3.05, 3.63) is 114 Å². The molecule has 5 heteroatoms. The summed E-state index contributed by atoms with van der Waals surface area (Å²) in [6.07, 6.45) is 4.76. The Balaban J connectivity index is 1.43. The SMILES string of the molecule is O=C(/C=C/c1ccccc1)N(CCc1ccccc1)CCc1nc(-c2ccccc2)no1. The summed E-state index contributed by atoms with van der Waals surface area (Å²) in [5.74, 6) is 1.05. The highest BCUT2D eigenvalue weighted by molar-refractivity contribution is 5.91. The summed E-state index contributed by atoms with van der Waals surface area (Å²) in [6, 6.07) is 29.7. The Hall–Kier alpha value is -3.99. The van der Waals surface area contributed by atoms with Gasteiger partial charge in [0.2, 0.25) is 17.6 Å². The van der Waals surface area contributed by atoms with Crippen LogP contribution in [-0.4, -0.2) is 34.0 Å². The average molecular weight is 424 g/mol. The van der Waals surface area contributed by atoms with Gasteiger partial charge in [0.1, 0.15) is 0 Å². The van der Waals surface area contributed by atoms with Gasteiger partial charge in [-0.15, -0.1) is 0 Å². The topological polar surface area (TPSA) is 59.2 Å². The van der Waals surface area contributed by atoms with Crippen LogP contribution in [0.2, 0.25) is 0 Å². The minimum Gasteiger partial charge on any atom is -0.339 e. The monoisotopic (exact) mass is 423 g/mol. The van der Waals surface area contributed by atoms with E-state index in [9.17, 15) is 4.79 Å². The van der Waals surface area contributed by atoms with Gasteiger partial charge in [-0.1, -0.05) is 96.2 Å². The molecule has 32 heavy (non-hydrogen) atoms. The van der Waals surface area contributed by atoms with Crippen molar-refractivity contribution in [2.24, 2.45) is 0 Å². The van der Waals surface area contributed by atoms with Crippen LogP contribution in [-0.2, 0) is 17.6 Å². The quantitative estimate of drug-likeness (QED) is 0.353. The van der Waals surface area contributed by atoms with Gasteiger partial charge in [-0.25, -0.2) is 0 Å². The molecule has 0 radical (unpaired) electrons. The molecule has 0 aliphatic heterocycles. The van der Waals surface area contributed by atoms with E-state index in [-0.39, 0.29) is 5.91 Å². The van der Waals surface area contributed by atoms with Gasteiger partial charge in [-0.05, 0) is 23.6 Å². The highest BCUT2D eigenvalue weighted by Crippen LogP contribution is 2.15. The van der Waals surface area contributed by atoms with Gasteiger partial charge >= 0.3 is 0 Å². The van der Waals surface area contributed by atoms with Crippen molar-refractivity contribution >= 4 is 12.0 Å². The van der Waals surface area contributed by atoms with Crippen molar-refractivity contribution in [2.45, 2.75) is 12.8 Å². The molecule has 4 aromatic rings. The summed E-state index contributed by atoms with van der Waals surface area (Å²) in [4.78, 5) is 19.3. The van der Waals surface area contributed by atoms with E-state index in [2.05, 4.69) is 22.3 Å². The van der Waals surface area contributed by atoms with Crippen LogP contribution in [0.5, 0.6) is 0 Å². The van der Waals surface area contributed by atoms with E-state index in [0.717, 1.165) is 17.5 Å². The van der Waals surface area contributed by atoms with E-state index >= 15 is 0 Å². The Labute approximate surface area is 188 Å². The second-order valence-corrected chi connectivity index (χ2v) is 7.43. The number of hydrogen-bond acceptors (Lipinski definition) is 4. The number of benzene rings is 3. The van der Waals surface area contributed by atoms with Crippen LogP contribution >= 0.6 is 0 Å². The van der Waals surface area contributed by atoms with Crippen molar-refractivity contribution in [1.29, 1.82) is 0 Å². The van der Waals surface area contributed by atoms with Crippen molar-refractivity contribution in [3.63, 3.8) is 0 Å². The van der Waals surface area contributed by atoms with E-state index in [0.29, 0.717) is 31.2 Å². The Morgan fingerprint density at radius 1 is 0.812 bits per heavy atom. The number of aromatic nitrogens is 2. The molecule has 0 aliphatic rings. The zero-order chi connectivity index (χ0) is 22.0. The van der Waals surface area contributed by atoms with Crippen LogP contribution in [0.4, 0.5) is 0 Å². The van der Waals surface area contributed by atoms with Gasteiger partial charge in [-0.2, -0.15) is 4.98 Å². The van der Waals surface area contributed by atoms with E-state index < -0.39 is 0 Å². The van der Waals surface area contributed by atoms with Crippen molar-refractivity contribution in [3.8, 4) is 11.4 Å². The summed E-state index contributed by atoms with van der Waals surface area (Å²) >= 11 is 0. The van der Waals surface area contributed by atoms with Gasteiger partial charge in [0.25, 0.3) is 0 Å². The molecule has 0 saturated heterocycles. The van der Waals surface area contributed by atoms with E-state index in [1.165, 1.54) is 5.56 Å². The van der Waals surface area contributed by atoms with Crippen LogP contribution in [0, 0.1) is 0 Å². The normalized spacial score (nSPS) is 11.0. The molecule has 5 nitrogen and oxygen atoms in total. The fourth-order valence-corrected chi connectivity index (χ4v) is 3.37. The first-order chi connectivity index (χ1) is 15.8. The summed E-state index contributed by atoms with van der Waals surface area (Å²) in [5.41, 5.74) is 3.10. The van der Waals surface area contributed by atoms with Crippen LogP contribution in [0.25, 0.3) is 17.5 Å². The molecule has 0 unspecified atom stereocenters. The molecule has 1 amide bonds. The largest absolute Gasteiger partial charge is 0.339 e. The Bertz CT molecular complexity index is 1140. The molecule has 0 atom stereocenters. The molecule has 4 rings (SSSR count). The van der Waals surface area contributed by atoms with E-state index in [1.807, 2.05) is 89.8 Å². The van der Waals surface area contributed by atoms with Crippen LogP contribution in [0.1, 0.15) is 17.0 Å². The zero-order valence-corrected chi connectivity index (χ0v) is 17.8. The predicted octanol–water partition coefficient (Wildman–Crippen LogP) is 5.06. The minimum atomic E-state index is -0.0346. The Kier molecular flexibility index (Phi) is 7.21. The van der Waals surface area contributed by atoms with Gasteiger partial charge in [-0.3, -0.25) is 4.79 Å². The van der Waals surface area contributed by atoms with Crippen molar-refractivity contribution in [2.75, 3.05) is 13.1 Å². The van der Waals surface area contributed by atoms with Gasteiger partial charge in [0.05, 0.1) is 0 Å². The molecule has 1 aromatic heterocycles. The lowest BCUT2D eigenvalue weighted by Crippen LogP contribution is -2.33. The lowest BCUT2D eigenvalue weighted by molar-refractivity contribution is -0.126. The summed E-state index contributed by atoms with van der Waals surface area (Å²) in [6.45, 7) is 1.11. The maximum Gasteiger partial charge on any atom is 0.246 e. The van der Waals surface area contributed by atoms with Crippen molar-refractivity contribution < 1.29 is 9.32 Å². The van der Waals surface area contributed by atoms with Gasteiger partial charge in [0.15, 0.2) is 0 Å².